The first kappa shape index (κ1) is 12.2. The van der Waals surface area contributed by atoms with Crippen LogP contribution < -0.4 is 5.32 Å². The molecule has 3 rings (SSSR count). The molecular formula is C15H20N4. The Morgan fingerprint density at radius 2 is 2.32 bits per heavy atom. The Kier molecular flexibility index (Phi) is 3.23. The summed E-state index contributed by atoms with van der Waals surface area (Å²) in [5.41, 5.74) is 3.66. The normalized spacial score (nSPS) is 18.4. The third-order valence-electron chi connectivity index (χ3n) is 3.67. The second-order valence-corrected chi connectivity index (χ2v) is 5.44. The van der Waals surface area contributed by atoms with Gasteiger partial charge in [-0.2, -0.15) is 5.10 Å². The van der Waals surface area contributed by atoms with Gasteiger partial charge in [0, 0.05) is 18.4 Å². The Balaban J connectivity index is 1.80. The lowest BCUT2D eigenvalue weighted by molar-refractivity contribution is 0.532. The zero-order valence-corrected chi connectivity index (χ0v) is 11.5. The van der Waals surface area contributed by atoms with E-state index < -0.39 is 0 Å². The van der Waals surface area contributed by atoms with Gasteiger partial charge < -0.3 is 5.32 Å². The minimum Gasteiger partial charge on any atom is -0.374 e. The van der Waals surface area contributed by atoms with Crippen LogP contribution in [0.5, 0.6) is 0 Å². The van der Waals surface area contributed by atoms with Gasteiger partial charge in [-0.25, -0.2) is 0 Å². The van der Waals surface area contributed by atoms with Crippen molar-refractivity contribution in [1.29, 1.82) is 0 Å². The van der Waals surface area contributed by atoms with Gasteiger partial charge in [0.1, 0.15) is 0 Å². The van der Waals surface area contributed by atoms with E-state index in [1.807, 2.05) is 23.1 Å². The molecule has 4 heteroatoms. The van der Waals surface area contributed by atoms with E-state index in [0.717, 1.165) is 18.5 Å². The Labute approximate surface area is 113 Å². The standard InChI is InChI=1S/C15H20N4/c1-11(2)19-10-13(9-17-19)18-14-7-3-5-12-6-4-8-16-15(12)14/h4,6,8-11,14,18H,3,5,7H2,1-2H3. The molecule has 0 aromatic carbocycles. The quantitative estimate of drug-likeness (QED) is 0.915. The van der Waals surface area contributed by atoms with E-state index >= 15 is 0 Å². The predicted octanol–water partition coefficient (Wildman–Crippen LogP) is 3.35. The SMILES string of the molecule is CC(C)n1cc(NC2CCCc3cccnc32)cn1. The van der Waals surface area contributed by atoms with Gasteiger partial charge in [0.25, 0.3) is 0 Å². The van der Waals surface area contributed by atoms with Gasteiger partial charge in [0.05, 0.1) is 23.6 Å². The molecule has 0 amide bonds. The lowest BCUT2D eigenvalue weighted by atomic mass is 9.92. The molecule has 0 saturated carbocycles. The highest BCUT2D eigenvalue weighted by atomic mass is 15.3. The van der Waals surface area contributed by atoms with Crippen LogP contribution in [0.15, 0.2) is 30.7 Å². The van der Waals surface area contributed by atoms with Crippen molar-refractivity contribution >= 4 is 5.69 Å². The fourth-order valence-electron chi connectivity index (χ4n) is 2.65. The van der Waals surface area contributed by atoms with Gasteiger partial charge in [-0.3, -0.25) is 9.67 Å². The van der Waals surface area contributed by atoms with E-state index in [9.17, 15) is 0 Å². The van der Waals surface area contributed by atoms with Crippen LogP contribution in [0.25, 0.3) is 0 Å². The summed E-state index contributed by atoms with van der Waals surface area (Å²) in [5.74, 6) is 0. The Bertz CT molecular complexity index is 559. The number of pyridine rings is 1. The molecule has 2 aromatic heterocycles. The molecule has 2 heterocycles. The van der Waals surface area contributed by atoms with Crippen LogP contribution in [-0.4, -0.2) is 14.8 Å². The maximum absolute atomic E-state index is 4.55. The number of rotatable bonds is 3. The molecule has 4 nitrogen and oxygen atoms in total. The van der Waals surface area contributed by atoms with Crippen molar-refractivity contribution in [2.24, 2.45) is 0 Å². The number of hydrogen-bond acceptors (Lipinski definition) is 3. The molecule has 0 aliphatic heterocycles. The van der Waals surface area contributed by atoms with E-state index in [0.29, 0.717) is 12.1 Å². The predicted molar refractivity (Wildman–Crippen MR) is 76.2 cm³/mol. The molecule has 1 aliphatic carbocycles. The summed E-state index contributed by atoms with van der Waals surface area (Å²) in [6.07, 6.45) is 9.35. The van der Waals surface area contributed by atoms with Crippen molar-refractivity contribution in [1.82, 2.24) is 14.8 Å². The fourth-order valence-corrected chi connectivity index (χ4v) is 2.65. The molecule has 1 aliphatic rings. The number of nitrogens with one attached hydrogen (secondary N) is 1. The van der Waals surface area contributed by atoms with Crippen molar-refractivity contribution in [3.05, 3.63) is 42.0 Å². The first-order chi connectivity index (χ1) is 9.24. The van der Waals surface area contributed by atoms with Crippen molar-refractivity contribution in [3.63, 3.8) is 0 Å². The first-order valence-corrected chi connectivity index (χ1v) is 6.98. The summed E-state index contributed by atoms with van der Waals surface area (Å²) < 4.78 is 1.98. The monoisotopic (exact) mass is 256 g/mol. The highest BCUT2D eigenvalue weighted by Crippen LogP contribution is 2.30. The van der Waals surface area contributed by atoms with Crippen molar-refractivity contribution in [2.75, 3.05) is 5.32 Å². The lowest BCUT2D eigenvalue weighted by Crippen LogP contribution is -2.18. The molecule has 0 bridgehead atoms. The van der Waals surface area contributed by atoms with E-state index in [-0.39, 0.29) is 0 Å². The van der Waals surface area contributed by atoms with Crippen LogP contribution in [0.4, 0.5) is 5.69 Å². The van der Waals surface area contributed by atoms with Crippen LogP contribution in [0, 0.1) is 0 Å². The third kappa shape index (κ3) is 2.48. The Morgan fingerprint density at radius 3 is 3.11 bits per heavy atom. The summed E-state index contributed by atoms with van der Waals surface area (Å²) in [6.45, 7) is 4.27. The molecule has 2 aromatic rings. The molecule has 1 atom stereocenters. The van der Waals surface area contributed by atoms with Crippen LogP contribution in [0.3, 0.4) is 0 Å². The van der Waals surface area contributed by atoms with Gasteiger partial charge >= 0.3 is 0 Å². The van der Waals surface area contributed by atoms with Crippen LogP contribution in [-0.2, 0) is 6.42 Å². The number of aromatic nitrogens is 3. The molecule has 1 unspecified atom stereocenters. The fraction of sp³-hybridized carbons (Fsp3) is 0.467. The van der Waals surface area contributed by atoms with Crippen LogP contribution in [0.2, 0.25) is 0 Å². The zero-order valence-electron chi connectivity index (χ0n) is 11.5. The van der Waals surface area contributed by atoms with Crippen LogP contribution in [0.1, 0.15) is 50.0 Å². The molecule has 19 heavy (non-hydrogen) atoms. The number of aryl methyl sites for hydroxylation is 1. The van der Waals surface area contributed by atoms with E-state index in [2.05, 4.69) is 41.5 Å². The second kappa shape index (κ2) is 5.03. The molecule has 0 saturated heterocycles. The van der Waals surface area contributed by atoms with Crippen LogP contribution >= 0.6 is 0 Å². The van der Waals surface area contributed by atoms with E-state index in [1.165, 1.54) is 17.7 Å². The largest absolute Gasteiger partial charge is 0.374 e. The number of nitrogens with zero attached hydrogens (tertiary/aromatic N) is 3. The van der Waals surface area contributed by atoms with Crippen molar-refractivity contribution in [3.8, 4) is 0 Å². The Hall–Kier alpha value is -1.84. The molecule has 0 radical (unpaired) electrons. The van der Waals surface area contributed by atoms with Gasteiger partial charge in [-0.15, -0.1) is 0 Å². The first-order valence-electron chi connectivity index (χ1n) is 6.98. The maximum Gasteiger partial charge on any atom is 0.0731 e. The molecule has 100 valence electrons. The van der Waals surface area contributed by atoms with Crippen molar-refractivity contribution < 1.29 is 0 Å². The van der Waals surface area contributed by atoms with E-state index in [4.69, 9.17) is 0 Å². The smallest absolute Gasteiger partial charge is 0.0731 e. The van der Waals surface area contributed by atoms with Gasteiger partial charge in [-0.05, 0) is 44.7 Å². The van der Waals surface area contributed by atoms with Gasteiger partial charge in [0.2, 0.25) is 0 Å². The molecule has 0 spiro atoms. The number of hydrogen-bond donors (Lipinski definition) is 1. The third-order valence-corrected chi connectivity index (χ3v) is 3.67. The van der Waals surface area contributed by atoms with Gasteiger partial charge in [-0.1, -0.05) is 6.07 Å². The summed E-state index contributed by atoms with van der Waals surface area (Å²) in [5, 5.41) is 7.94. The summed E-state index contributed by atoms with van der Waals surface area (Å²) in [4.78, 5) is 4.55. The minimum absolute atomic E-state index is 0.315. The minimum atomic E-state index is 0.315. The zero-order chi connectivity index (χ0) is 13.2. The topological polar surface area (TPSA) is 42.7 Å². The summed E-state index contributed by atoms with van der Waals surface area (Å²) in [6, 6.07) is 4.92. The summed E-state index contributed by atoms with van der Waals surface area (Å²) in [7, 11) is 0. The second-order valence-electron chi connectivity index (χ2n) is 5.44. The molecule has 1 N–H and O–H groups in total. The summed E-state index contributed by atoms with van der Waals surface area (Å²) >= 11 is 0. The lowest BCUT2D eigenvalue weighted by Gasteiger charge is -2.25. The van der Waals surface area contributed by atoms with Gasteiger partial charge in [0.15, 0.2) is 0 Å². The van der Waals surface area contributed by atoms with Crippen molar-refractivity contribution in [2.45, 2.75) is 45.2 Å². The van der Waals surface area contributed by atoms with E-state index in [1.54, 1.807) is 0 Å². The molecule has 0 fully saturated rings. The highest BCUT2D eigenvalue weighted by Gasteiger charge is 2.21. The Morgan fingerprint density at radius 1 is 1.42 bits per heavy atom. The number of fused-ring (bicyclic) bond motifs is 1. The maximum atomic E-state index is 4.55. The highest BCUT2D eigenvalue weighted by molar-refractivity contribution is 5.42. The molecular weight excluding hydrogens is 236 g/mol. The number of anilines is 1. The average molecular weight is 256 g/mol. The average Bonchev–Trinajstić information content (AvgIpc) is 2.88.